The van der Waals surface area contributed by atoms with E-state index in [9.17, 15) is 9.90 Å². The number of hydrogen-bond donors (Lipinski definition) is 2. The van der Waals surface area contributed by atoms with Gasteiger partial charge in [0.15, 0.2) is 0 Å². The second-order valence-electron chi connectivity index (χ2n) is 5.69. The lowest BCUT2D eigenvalue weighted by atomic mass is 9.84. The Balaban J connectivity index is 2.52. The number of rotatable bonds is 9. The van der Waals surface area contributed by atoms with Gasteiger partial charge < -0.3 is 15.3 Å². The van der Waals surface area contributed by atoms with Gasteiger partial charge in [0.1, 0.15) is 5.54 Å². The number of carboxylic acids is 1. The largest absolute Gasteiger partial charge is 0.480 e. The van der Waals surface area contributed by atoms with Crippen molar-refractivity contribution in [3.8, 4) is 0 Å². The van der Waals surface area contributed by atoms with Crippen molar-refractivity contribution < 1.29 is 9.90 Å². The van der Waals surface area contributed by atoms with Crippen LogP contribution in [0.25, 0.3) is 0 Å². The van der Waals surface area contributed by atoms with Crippen LogP contribution in [0.15, 0.2) is 0 Å². The maximum atomic E-state index is 11.6. The van der Waals surface area contributed by atoms with Crippen molar-refractivity contribution in [2.24, 2.45) is 5.92 Å². The Labute approximate surface area is 117 Å². The molecule has 1 aliphatic carbocycles. The first-order chi connectivity index (χ1) is 9.10. The van der Waals surface area contributed by atoms with Gasteiger partial charge in [0, 0.05) is 0 Å². The second-order valence-corrected chi connectivity index (χ2v) is 5.69. The third kappa shape index (κ3) is 3.93. The number of carbonyl (C=O) groups is 1. The number of nitrogens with zero attached hydrogens (tertiary/aromatic N) is 1. The molecule has 1 saturated carbocycles. The Morgan fingerprint density at radius 1 is 1.42 bits per heavy atom. The van der Waals surface area contributed by atoms with Gasteiger partial charge in [-0.05, 0) is 58.3 Å². The van der Waals surface area contributed by atoms with Crippen LogP contribution in [0.4, 0.5) is 0 Å². The van der Waals surface area contributed by atoms with E-state index in [1.807, 2.05) is 0 Å². The molecule has 0 bridgehead atoms. The molecule has 4 heteroatoms. The summed E-state index contributed by atoms with van der Waals surface area (Å²) in [6.07, 6.45) is 6.27. The van der Waals surface area contributed by atoms with E-state index in [1.54, 1.807) is 7.05 Å². The monoisotopic (exact) mass is 270 g/mol. The molecule has 4 nitrogen and oxygen atoms in total. The van der Waals surface area contributed by atoms with Gasteiger partial charge in [-0.1, -0.05) is 26.7 Å². The normalized spacial score (nSPS) is 27.1. The van der Waals surface area contributed by atoms with E-state index in [-0.39, 0.29) is 5.92 Å². The molecule has 0 aliphatic heterocycles. The van der Waals surface area contributed by atoms with E-state index in [2.05, 4.69) is 24.1 Å². The van der Waals surface area contributed by atoms with E-state index < -0.39 is 11.5 Å². The molecule has 0 amide bonds. The summed E-state index contributed by atoms with van der Waals surface area (Å²) in [4.78, 5) is 14.0. The van der Waals surface area contributed by atoms with Gasteiger partial charge >= 0.3 is 5.97 Å². The molecular weight excluding hydrogens is 240 g/mol. The van der Waals surface area contributed by atoms with Gasteiger partial charge in [0.05, 0.1) is 0 Å². The Hall–Kier alpha value is -0.610. The van der Waals surface area contributed by atoms with E-state index in [0.29, 0.717) is 0 Å². The summed E-state index contributed by atoms with van der Waals surface area (Å²) in [5.41, 5.74) is -0.676. The lowest BCUT2D eigenvalue weighted by molar-refractivity contribution is -0.146. The average Bonchev–Trinajstić information content (AvgIpc) is 2.83. The molecule has 1 rings (SSSR count). The fourth-order valence-corrected chi connectivity index (χ4v) is 3.33. The standard InChI is InChI=1S/C15H30N2O2/c1-4-6-11-17(5-2)12-9-13-8-7-10-15(13,16-3)14(18)19/h13,16H,4-12H2,1-3H3,(H,18,19). The number of hydrogen-bond acceptors (Lipinski definition) is 3. The molecule has 2 atom stereocenters. The fraction of sp³-hybridized carbons (Fsp3) is 0.933. The van der Waals surface area contributed by atoms with Gasteiger partial charge in [0.2, 0.25) is 0 Å². The molecule has 2 N–H and O–H groups in total. The molecule has 0 aromatic carbocycles. The van der Waals surface area contributed by atoms with Crippen molar-refractivity contribution in [1.29, 1.82) is 0 Å². The summed E-state index contributed by atoms with van der Waals surface area (Å²) >= 11 is 0. The smallest absolute Gasteiger partial charge is 0.324 e. The predicted octanol–water partition coefficient (Wildman–Crippen LogP) is 2.34. The van der Waals surface area contributed by atoms with E-state index in [1.165, 1.54) is 12.8 Å². The molecule has 2 unspecified atom stereocenters. The molecule has 0 aromatic heterocycles. The number of likely N-dealkylation sites (N-methyl/N-ethyl adjacent to an activating group) is 1. The second kappa shape index (κ2) is 7.85. The number of unbranched alkanes of at least 4 members (excludes halogenated alkanes) is 1. The first-order valence-corrected chi connectivity index (χ1v) is 7.75. The average molecular weight is 270 g/mol. The lowest BCUT2D eigenvalue weighted by Gasteiger charge is -2.32. The molecule has 1 aliphatic rings. The quantitative estimate of drug-likeness (QED) is 0.675. The lowest BCUT2D eigenvalue weighted by Crippen LogP contribution is -2.53. The Kier molecular flexibility index (Phi) is 6.80. The van der Waals surface area contributed by atoms with Crippen molar-refractivity contribution in [2.45, 2.75) is 57.9 Å². The van der Waals surface area contributed by atoms with Crippen LogP contribution >= 0.6 is 0 Å². The first-order valence-electron chi connectivity index (χ1n) is 7.75. The summed E-state index contributed by atoms with van der Waals surface area (Å²) in [5.74, 6) is -0.403. The number of aliphatic carboxylic acids is 1. The maximum Gasteiger partial charge on any atom is 0.324 e. The van der Waals surface area contributed by atoms with Crippen LogP contribution in [0, 0.1) is 5.92 Å². The number of carboxylic acid groups (broad SMARTS) is 1. The zero-order valence-electron chi connectivity index (χ0n) is 12.7. The van der Waals surface area contributed by atoms with Crippen molar-refractivity contribution in [2.75, 3.05) is 26.7 Å². The highest BCUT2D eigenvalue weighted by Crippen LogP contribution is 2.38. The fourth-order valence-electron chi connectivity index (χ4n) is 3.33. The highest BCUT2D eigenvalue weighted by atomic mass is 16.4. The van der Waals surface area contributed by atoms with Gasteiger partial charge in [0.25, 0.3) is 0 Å². The third-order valence-corrected chi connectivity index (χ3v) is 4.72. The predicted molar refractivity (Wildman–Crippen MR) is 78.4 cm³/mol. The minimum Gasteiger partial charge on any atom is -0.480 e. The van der Waals surface area contributed by atoms with Crippen LogP contribution in [0.3, 0.4) is 0 Å². The third-order valence-electron chi connectivity index (χ3n) is 4.72. The van der Waals surface area contributed by atoms with E-state index >= 15 is 0 Å². The van der Waals surface area contributed by atoms with Crippen molar-refractivity contribution in [3.63, 3.8) is 0 Å². The SMILES string of the molecule is CCCCN(CC)CCC1CCCC1(NC)C(=O)O. The Morgan fingerprint density at radius 3 is 2.68 bits per heavy atom. The zero-order valence-corrected chi connectivity index (χ0v) is 12.7. The van der Waals surface area contributed by atoms with Gasteiger partial charge in [-0.15, -0.1) is 0 Å². The first kappa shape index (κ1) is 16.4. The van der Waals surface area contributed by atoms with Crippen molar-refractivity contribution in [1.82, 2.24) is 10.2 Å². The number of nitrogens with one attached hydrogen (secondary N) is 1. The Bertz CT molecular complexity index is 283. The van der Waals surface area contributed by atoms with Crippen LogP contribution in [0.1, 0.15) is 52.4 Å². The van der Waals surface area contributed by atoms with Crippen molar-refractivity contribution >= 4 is 5.97 Å². The molecule has 112 valence electrons. The summed E-state index contributed by atoms with van der Waals surface area (Å²) < 4.78 is 0. The molecule has 0 saturated heterocycles. The molecular formula is C15H30N2O2. The highest BCUT2D eigenvalue weighted by molar-refractivity contribution is 5.79. The van der Waals surface area contributed by atoms with Crippen LogP contribution in [-0.4, -0.2) is 48.2 Å². The van der Waals surface area contributed by atoms with E-state index in [4.69, 9.17) is 0 Å². The molecule has 0 heterocycles. The van der Waals surface area contributed by atoms with Crippen LogP contribution in [0.5, 0.6) is 0 Å². The Morgan fingerprint density at radius 2 is 2.16 bits per heavy atom. The zero-order chi connectivity index (χ0) is 14.3. The van der Waals surface area contributed by atoms with Crippen LogP contribution < -0.4 is 5.32 Å². The van der Waals surface area contributed by atoms with Crippen LogP contribution in [0.2, 0.25) is 0 Å². The summed E-state index contributed by atoms with van der Waals surface area (Å²) in [6.45, 7) is 7.62. The summed E-state index contributed by atoms with van der Waals surface area (Å²) in [6, 6.07) is 0. The highest BCUT2D eigenvalue weighted by Gasteiger charge is 2.47. The molecule has 0 aromatic rings. The van der Waals surface area contributed by atoms with E-state index in [0.717, 1.165) is 45.3 Å². The van der Waals surface area contributed by atoms with Crippen molar-refractivity contribution in [3.05, 3.63) is 0 Å². The minimum atomic E-state index is -0.676. The van der Waals surface area contributed by atoms with Gasteiger partial charge in [-0.2, -0.15) is 0 Å². The molecule has 19 heavy (non-hydrogen) atoms. The molecule has 0 radical (unpaired) electrons. The molecule has 1 fully saturated rings. The minimum absolute atomic E-state index is 0.269. The van der Waals surface area contributed by atoms with Gasteiger partial charge in [-0.3, -0.25) is 4.79 Å². The summed E-state index contributed by atoms with van der Waals surface area (Å²) in [7, 11) is 1.79. The van der Waals surface area contributed by atoms with Gasteiger partial charge in [-0.25, -0.2) is 0 Å². The maximum absolute atomic E-state index is 11.6. The molecule has 0 spiro atoms. The summed E-state index contributed by atoms with van der Waals surface area (Å²) in [5, 5.41) is 12.6. The van der Waals surface area contributed by atoms with Crippen LogP contribution in [-0.2, 0) is 4.79 Å². The topological polar surface area (TPSA) is 52.6 Å².